The third-order valence-electron chi connectivity index (χ3n) is 3.35. The summed E-state index contributed by atoms with van der Waals surface area (Å²) in [5.74, 6) is -0.221. The SMILES string of the molecule is CCC(NC1CCN(C)C1=O)c1ccc(F)cn1. The van der Waals surface area contributed by atoms with E-state index in [4.69, 9.17) is 0 Å². The largest absolute Gasteiger partial charge is 0.344 e. The summed E-state index contributed by atoms with van der Waals surface area (Å²) in [6.45, 7) is 2.80. The highest BCUT2D eigenvalue weighted by atomic mass is 19.1. The summed E-state index contributed by atoms with van der Waals surface area (Å²) in [6.07, 6.45) is 2.83. The molecule has 0 aromatic carbocycles. The van der Waals surface area contributed by atoms with Gasteiger partial charge in [-0.2, -0.15) is 0 Å². The standard InChI is InChI=1S/C13H18FN3O/c1-3-10(11-5-4-9(14)8-15-11)16-12-6-7-17(2)13(12)18/h4-5,8,10,12,16H,3,6-7H2,1-2H3. The second-order valence-electron chi connectivity index (χ2n) is 4.63. The van der Waals surface area contributed by atoms with Gasteiger partial charge in [-0.05, 0) is 25.0 Å². The topological polar surface area (TPSA) is 45.2 Å². The molecule has 0 radical (unpaired) electrons. The monoisotopic (exact) mass is 251 g/mol. The molecule has 1 aromatic rings. The number of nitrogens with one attached hydrogen (secondary N) is 1. The highest BCUT2D eigenvalue weighted by molar-refractivity contribution is 5.83. The minimum Gasteiger partial charge on any atom is -0.344 e. The van der Waals surface area contributed by atoms with Crippen LogP contribution >= 0.6 is 0 Å². The Bertz CT molecular complexity index is 421. The van der Waals surface area contributed by atoms with E-state index in [1.54, 1.807) is 18.0 Å². The fourth-order valence-electron chi connectivity index (χ4n) is 2.23. The zero-order valence-electron chi connectivity index (χ0n) is 10.7. The molecule has 1 aromatic heterocycles. The lowest BCUT2D eigenvalue weighted by Crippen LogP contribution is -2.39. The van der Waals surface area contributed by atoms with Crippen molar-refractivity contribution in [2.45, 2.75) is 31.8 Å². The van der Waals surface area contributed by atoms with Gasteiger partial charge in [-0.3, -0.25) is 15.1 Å². The van der Waals surface area contributed by atoms with Crippen LogP contribution in [0, 0.1) is 5.82 Å². The lowest BCUT2D eigenvalue weighted by atomic mass is 10.1. The molecular weight excluding hydrogens is 233 g/mol. The number of carbonyl (C=O) groups is 1. The molecule has 98 valence electrons. The summed E-state index contributed by atoms with van der Waals surface area (Å²) >= 11 is 0. The molecule has 1 saturated heterocycles. The Balaban J connectivity index is 2.06. The van der Waals surface area contributed by atoms with Crippen molar-refractivity contribution in [3.8, 4) is 0 Å². The van der Waals surface area contributed by atoms with Crippen molar-refractivity contribution < 1.29 is 9.18 Å². The number of rotatable bonds is 4. The van der Waals surface area contributed by atoms with Crippen LogP contribution < -0.4 is 5.32 Å². The molecule has 5 heteroatoms. The van der Waals surface area contributed by atoms with Crippen LogP contribution in [0.2, 0.25) is 0 Å². The molecule has 18 heavy (non-hydrogen) atoms. The van der Waals surface area contributed by atoms with Gasteiger partial charge >= 0.3 is 0 Å². The molecule has 2 heterocycles. The maximum absolute atomic E-state index is 12.8. The van der Waals surface area contributed by atoms with Crippen LogP contribution in [-0.4, -0.2) is 35.4 Å². The van der Waals surface area contributed by atoms with Gasteiger partial charge in [0.2, 0.25) is 5.91 Å². The number of amides is 1. The van der Waals surface area contributed by atoms with Gasteiger partial charge in [0.05, 0.1) is 17.9 Å². The average Bonchev–Trinajstić information content (AvgIpc) is 2.69. The molecule has 2 rings (SSSR count). The summed E-state index contributed by atoms with van der Waals surface area (Å²) in [5, 5.41) is 3.31. The maximum atomic E-state index is 12.8. The first-order valence-electron chi connectivity index (χ1n) is 6.24. The minimum atomic E-state index is -0.342. The van der Waals surface area contributed by atoms with Gasteiger partial charge < -0.3 is 4.90 Å². The number of halogens is 1. The van der Waals surface area contributed by atoms with E-state index in [0.29, 0.717) is 0 Å². The fourth-order valence-corrected chi connectivity index (χ4v) is 2.23. The van der Waals surface area contributed by atoms with Gasteiger partial charge in [0.15, 0.2) is 0 Å². The Morgan fingerprint density at radius 2 is 2.39 bits per heavy atom. The van der Waals surface area contributed by atoms with E-state index >= 15 is 0 Å². The van der Waals surface area contributed by atoms with Gasteiger partial charge in [0.1, 0.15) is 5.82 Å². The number of nitrogens with zero attached hydrogens (tertiary/aromatic N) is 2. The quantitative estimate of drug-likeness (QED) is 0.882. The zero-order chi connectivity index (χ0) is 13.1. The van der Waals surface area contributed by atoms with E-state index in [-0.39, 0.29) is 23.8 Å². The van der Waals surface area contributed by atoms with Crippen LogP contribution in [0.15, 0.2) is 18.3 Å². The van der Waals surface area contributed by atoms with Crippen LogP contribution in [0.3, 0.4) is 0 Å². The van der Waals surface area contributed by atoms with Crippen LogP contribution in [0.5, 0.6) is 0 Å². The lowest BCUT2D eigenvalue weighted by molar-refractivity contribution is -0.128. The van der Waals surface area contributed by atoms with Crippen molar-refractivity contribution in [1.29, 1.82) is 0 Å². The summed E-state index contributed by atoms with van der Waals surface area (Å²) in [5.41, 5.74) is 0.779. The molecule has 0 bridgehead atoms. The first-order chi connectivity index (χ1) is 8.61. The zero-order valence-corrected chi connectivity index (χ0v) is 10.7. The first-order valence-corrected chi connectivity index (χ1v) is 6.24. The molecule has 1 fully saturated rings. The lowest BCUT2D eigenvalue weighted by Gasteiger charge is -2.20. The Hall–Kier alpha value is -1.49. The fraction of sp³-hybridized carbons (Fsp3) is 0.538. The molecular formula is C13H18FN3O. The van der Waals surface area contributed by atoms with Gasteiger partial charge in [0, 0.05) is 19.6 Å². The molecule has 2 unspecified atom stereocenters. The Morgan fingerprint density at radius 3 is 2.89 bits per heavy atom. The summed E-state index contributed by atoms with van der Waals surface area (Å²) < 4.78 is 12.8. The van der Waals surface area contributed by atoms with E-state index in [1.165, 1.54) is 12.3 Å². The molecule has 1 aliphatic heterocycles. The third-order valence-corrected chi connectivity index (χ3v) is 3.35. The van der Waals surface area contributed by atoms with Gasteiger partial charge in [-0.1, -0.05) is 6.92 Å². The Kier molecular flexibility index (Phi) is 3.91. The predicted octanol–water partition coefficient (Wildman–Crippen LogP) is 1.49. The number of likely N-dealkylation sites (tertiary alicyclic amines) is 1. The van der Waals surface area contributed by atoms with Crippen LogP contribution in [0.4, 0.5) is 4.39 Å². The molecule has 0 aliphatic carbocycles. The average molecular weight is 251 g/mol. The number of hydrogen-bond donors (Lipinski definition) is 1. The molecule has 1 aliphatic rings. The second kappa shape index (κ2) is 5.44. The van der Waals surface area contributed by atoms with E-state index in [0.717, 1.165) is 25.1 Å². The molecule has 0 spiro atoms. The smallest absolute Gasteiger partial charge is 0.239 e. The van der Waals surface area contributed by atoms with Crippen LogP contribution in [-0.2, 0) is 4.79 Å². The molecule has 2 atom stereocenters. The van der Waals surface area contributed by atoms with Crippen molar-refractivity contribution in [3.05, 3.63) is 29.8 Å². The highest BCUT2D eigenvalue weighted by Crippen LogP contribution is 2.18. The molecule has 1 N–H and O–H groups in total. The predicted molar refractivity (Wildman–Crippen MR) is 66.4 cm³/mol. The van der Waals surface area contributed by atoms with Crippen molar-refractivity contribution in [2.75, 3.05) is 13.6 Å². The van der Waals surface area contributed by atoms with E-state index in [9.17, 15) is 9.18 Å². The normalized spacial score (nSPS) is 21.4. The van der Waals surface area contributed by atoms with Crippen molar-refractivity contribution in [2.24, 2.45) is 0 Å². The minimum absolute atomic E-state index is 0.00829. The number of aromatic nitrogens is 1. The van der Waals surface area contributed by atoms with Crippen molar-refractivity contribution in [3.63, 3.8) is 0 Å². The highest BCUT2D eigenvalue weighted by Gasteiger charge is 2.30. The number of hydrogen-bond acceptors (Lipinski definition) is 3. The number of likely N-dealkylation sites (N-methyl/N-ethyl adjacent to an activating group) is 1. The molecule has 1 amide bonds. The van der Waals surface area contributed by atoms with Crippen molar-refractivity contribution >= 4 is 5.91 Å². The van der Waals surface area contributed by atoms with Gasteiger partial charge in [-0.15, -0.1) is 0 Å². The van der Waals surface area contributed by atoms with Gasteiger partial charge in [0.25, 0.3) is 0 Å². The number of pyridine rings is 1. The van der Waals surface area contributed by atoms with Crippen LogP contribution in [0.1, 0.15) is 31.5 Å². The Labute approximate surface area is 106 Å². The summed E-state index contributed by atoms with van der Waals surface area (Å²) in [7, 11) is 1.81. The second-order valence-corrected chi connectivity index (χ2v) is 4.63. The Morgan fingerprint density at radius 1 is 1.61 bits per heavy atom. The van der Waals surface area contributed by atoms with E-state index in [2.05, 4.69) is 10.3 Å². The van der Waals surface area contributed by atoms with Crippen molar-refractivity contribution in [1.82, 2.24) is 15.2 Å². The summed E-state index contributed by atoms with van der Waals surface area (Å²) in [4.78, 5) is 17.6. The third kappa shape index (κ3) is 2.67. The molecule has 4 nitrogen and oxygen atoms in total. The maximum Gasteiger partial charge on any atom is 0.239 e. The van der Waals surface area contributed by atoms with Crippen LogP contribution in [0.25, 0.3) is 0 Å². The summed E-state index contributed by atoms with van der Waals surface area (Å²) in [6, 6.07) is 2.91. The first kappa shape index (κ1) is 13.0. The van der Waals surface area contributed by atoms with E-state index in [1.807, 2.05) is 6.92 Å². The van der Waals surface area contributed by atoms with Gasteiger partial charge in [-0.25, -0.2) is 4.39 Å². The van der Waals surface area contributed by atoms with E-state index < -0.39 is 0 Å². The molecule has 0 saturated carbocycles. The number of carbonyl (C=O) groups excluding carboxylic acids is 1.